The van der Waals surface area contributed by atoms with Gasteiger partial charge in [0.1, 0.15) is 4.47 Å². The van der Waals surface area contributed by atoms with Crippen LogP contribution in [0.2, 0.25) is 0 Å². The maximum absolute atomic E-state index is 13.5. The second-order valence-electron chi connectivity index (χ2n) is 15.4. The molecule has 1 fully saturated rings. The Balaban J connectivity index is 0.000000192. The first-order valence-electron chi connectivity index (χ1n) is 18.9. The van der Waals surface area contributed by atoms with Crippen LogP contribution >= 0.6 is 15.9 Å². The smallest absolute Gasteiger partial charge is 0.481 e. The predicted molar refractivity (Wildman–Crippen MR) is 212 cm³/mol. The van der Waals surface area contributed by atoms with Crippen LogP contribution in [0.15, 0.2) is 51.2 Å². The summed E-state index contributed by atoms with van der Waals surface area (Å²) in [5.74, 6) is -0.128. The molecule has 0 N–H and O–H groups in total. The summed E-state index contributed by atoms with van der Waals surface area (Å²) < 4.78 is 179. The van der Waals surface area contributed by atoms with Gasteiger partial charge in [-0.1, -0.05) is 0 Å². The summed E-state index contributed by atoms with van der Waals surface area (Å²) in [7, 11) is 4.85. The Bertz CT molecular complexity index is 2800. The first kappa shape index (κ1) is 51.5. The number of hydrogen-bond donors (Lipinski definition) is 0. The number of nitrogens with zero attached hydrogens (tertiary/aromatic N) is 10. The lowest BCUT2D eigenvalue weighted by Gasteiger charge is -2.32. The van der Waals surface area contributed by atoms with Crippen LogP contribution in [-0.4, -0.2) is 92.4 Å². The molecule has 16 nitrogen and oxygen atoms in total. The molecule has 7 rings (SSSR count). The molecule has 0 spiro atoms. The molecular formula is C36H38BBrF12N10O6. The lowest BCUT2D eigenvalue weighted by atomic mass is 9.82. The Kier molecular flexibility index (Phi) is 14.3. The van der Waals surface area contributed by atoms with E-state index in [1.807, 2.05) is 27.7 Å². The highest BCUT2D eigenvalue weighted by atomic mass is 79.9. The van der Waals surface area contributed by atoms with E-state index < -0.39 is 95.0 Å². The van der Waals surface area contributed by atoms with Crippen molar-refractivity contribution in [1.29, 1.82) is 0 Å². The molecule has 0 aliphatic carbocycles. The molecule has 6 aromatic heterocycles. The Morgan fingerprint density at radius 1 is 0.652 bits per heavy atom. The van der Waals surface area contributed by atoms with E-state index in [4.69, 9.17) is 18.8 Å². The van der Waals surface area contributed by atoms with Crippen LogP contribution in [0, 0.1) is 0 Å². The van der Waals surface area contributed by atoms with Gasteiger partial charge in [-0.25, -0.2) is 18.8 Å². The normalized spacial score (nSPS) is 15.2. The van der Waals surface area contributed by atoms with Gasteiger partial charge >= 0.3 is 31.8 Å². The lowest BCUT2D eigenvalue weighted by molar-refractivity contribution is -0.142. The van der Waals surface area contributed by atoms with Crippen LogP contribution in [-0.2, 0) is 48.8 Å². The van der Waals surface area contributed by atoms with Gasteiger partial charge in [-0.05, 0) is 43.6 Å². The van der Waals surface area contributed by atoms with Gasteiger partial charge in [-0.2, -0.15) is 62.9 Å². The number of aryl methyl sites for hydroxylation is 4. The highest BCUT2D eigenvalue weighted by molar-refractivity contribution is 9.10. The third-order valence-electron chi connectivity index (χ3n) is 10.2. The minimum absolute atomic E-state index is 0.0933. The van der Waals surface area contributed by atoms with E-state index in [-0.39, 0.29) is 35.4 Å². The summed E-state index contributed by atoms with van der Waals surface area (Å²) in [5.41, 5.74) is -6.03. The number of methoxy groups -OCH3 is 2. The minimum Gasteiger partial charge on any atom is -0.481 e. The van der Waals surface area contributed by atoms with Gasteiger partial charge < -0.3 is 18.8 Å². The van der Waals surface area contributed by atoms with Crippen LogP contribution < -0.4 is 26.1 Å². The molecule has 0 atom stereocenters. The van der Waals surface area contributed by atoms with E-state index >= 15 is 0 Å². The van der Waals surface area contributed by atoms with Gasteiger partial charge in [0.15, 0.2) is 11.4 Å². The maximum atomic E-state index is 13.5. The number of halogens is 13. The van der Waals surface area contributed by atoms with Gasteiger partial charge in [0.25, 0.3) is 11.1 Å². The van der Waals surface area contributed by atoms with Gasteiger partial charge in [0.05, 0.1) is 62.4 Å². The van der Waals surface area contributed by atoms with Crippen molar-refractivity contribution >= 4 is 40.1 Å². The van der Waals surface area contributed by atoms with E-state index in [1.54, 1.807) is 0 Å². The second kappa shape index (κ2) is 18.3. The van der Waals surface area contributed by atoms with Crippen molar-refractivity contribution in [1.82, 2.24) is 47.5 Å². The maximum Gasteiger partial charge on any atom is 0.498 e. The third-order valence-corrected chi connectivity index (χ3v) is 10.9. The second-order valence-corrected chi connectivity index (χ2v) is 16.2. The van der Waals surface area contributed by atoms with Crippen molar-refractivity contribution in [3.63, 3.8) is 0 Å². The Morgan fingerprint density at radius 2 is 1.08 bits per heavy atom. The van der Waals surface area contributed by atoms with Crippen molar-refractivity contribution in [3.05, 3.63) is 73.7 Å². The van der Waals surface area contributed by atoms with Gasteiger partial charge in [-0.15, -0.1) is 0 Å². The summed E-state index contributed by atoms with van der Waals surface area (Å²) in [6.45, 7) is 6.87. The Hall–Kier alpha value is -5.52. The number of fused-ring (bicyclic) bond motifs is 2. The fourth-order valence-corrected chi connectivity index (χ4v) is 6.56. The lowest BCUT2D eigenvalue weighted by Crippen LogP contribution is -2.41. The highest BCUT2D eigenvalue weighted by Crippen LogP contribution is 2.37. The first-order chi connectivity index (χ1) is 30.2. The summed E-state index contributed by atoms with van der Waals surface area (Å²) in [5, 5.41) is 7.54. The van der Waals surface area contributed by atoms with Crippen LogP contribution in [0.25, 0.3) is 22.7 Å². The highest BCUT2D eigenvalue weighted by Gasteiger charge is 2.52. The van der Waals surface area contributed by atoms with Gasteiger partial charge in [0.2, 0.25) is 23.3 Å². The minimum atomic E-state index is -4.98. The van der Waals surface area contributed by atoms with E-state index in [2.05, 4.69) is 36.1 Å². The van der Waals surface area contributed by atoms with Crippen LogP contribution in [0.3, 0.4) is 0 Å². The summed E-state index contributed by atoms with van der Waals surface area (Å²) in [6.07, 6.45) is -13.1. The summed E-state index contributed by atoms with van der Waals surface area (Å²) in [6, 6.07) is 0. The molecule has 0 aromatic carbocycles. The Morgan fingerprint density at radius 3 is 1.52 bits per heavy atom. The van der Waals surface area contributed by atoms with Crippen molar-refractivity contribution < 1.29 is 71.5 Å². The quantitative estimate of drug-likeness (QED) is 0.117. The zero-order valence-corrected chi connectivity index (χ0v) is 37.3. The third kappa shape index (κ3) is 11.2. The van der Waals surface area contributed by atoms with E-state index in [1.165, 1.54) is 62.4 Å². The number of aromatic nitrogens is 10. The number of imidazole rings is 2. The fraction of sp³-hybridized carbons (Fsp3) is 0.500. The molecule has 30 heteroatoms. The zero-order valence-electron chi connectivity index (χ0n) is 35.7. The molecule has 0 amide bonds. The zero-order chi connectivity index (χ0) is 49.7. The SMILES string of the molecule is CC1(C)OB(c2cnn(CCC(F)(F)F)c2)OC1(C)C.COc1cn2c(=O)c(-c3cnn(CCC(F)(F)F)c3)c(C(F)(F)F)nc2n1C.COc1cn2c(=O)c(Br)c(C(F)(F)F)nc2n1C. The van der Waals surface area contributed by atoms with E-state index in [0.717, 1.165) is 30.4 Å². The topological polar surface area (TPSA) is 151 Å². The van der Waals surface area contributed by atoms with E-state index in [0.29, 0.717) is 5.46 Å². The van der Waals surface area contributed by atoms with Gasteiger partial charge in [-0.3, -0.25) is 28.1 Å². The van der Waals surface area contributed by atoms with Crippen molar-refractivity contribution in [2.75, 3.05) is 14.2 Å². The molecule has 0 radical (unpaired) electrons. The average molecular weight is 1030 g/mol. The fourth-order valence-electron chi connectivity index (χ4n) is 6.05. The average Bonchev–Trinajstić information content (AvgIpc) is 4.02. The number of alkyl halides is 12. The molecule has 6 aromatic rings. The summed E-state index contributed by atoms with van der Waals surface area (Å²) in [4.78, 5) is 31.5. The molecule has 66 heavy (non-hydrogen) atoms. The molecule has 0 unspecified atom stereocenters. The molecule has 0 saturated carbocycles. The van der Waals surface area contributed by atoms with Crippen molar-refractivity contribution in [2.24, 2.45) is 14.1 Å². The molecule has 1 aliphatic heterocycles. The standard InChI is InChI=1S/C15H13F6N5O2.C12H18BF3N2O2.C9H7BrF3N3O2/c1-24-9(28-2)7-26-12(27)10(11(15(19,20)21)23-13(24)26)8-5-22-25(6-8)4-3-14(16,17)18;1-10(2)11(3,4)20-13(19-10)9-7-17-18(8-9)6-5-12(14,15)16;1-15-4(18-2)3-16-7(17)5(10)6(9(11,12)13)14-8(15)16/h5-7H,3-4H2,1-2H3;7-8H,5-6H2,1-4H3;3H,1-2H3. The number of hydrogen-bond acceptors (Lipinski definition) is 10. The number of rotatable bonds is 8. The van der Waals surface area contributed by atoms with Crippen LogP contribution in [0.1, 0.15) is 51.9 Å². The van der Waals surface area contributed by atoms with Gasteiger partial charge in [0, 0.05) is 56.8 Å². The molecule has 7 heterocycles. The van der Waals surface area contributed by atoms with Crippen molar-refractivity contribution in [3.8, 4) is 22.9 Å². The monoisotopic (exact) mass is 1020 g/mol. The predicted octanol–water partition coefficient (Wildman–Crippen LogP) is 6.83. The molecule has 362 valence electrons. The molecule has 1 aliphatic rings. The largest absolute Gasteiger partial charge is 0.498 e. The van der Waals surface area contributed by atoms with Crippen LogP contribution in [0.5, 0.6) is 11.8 Å². The van der Waals surface area contributed by atoms with Crippen molar-refractivity contribution in [2.45, 2.75) is 89.5 Å². The molecule has 0 bridgehead atoms. The first-order valence-corrected chi connectivity index (χ1v) is 19.6. The summed E-state index contributed by atoms with van der Waals surface area (Å²) >= 11 is 2.63. The Labute approximate surface area is 372 Å². The van der Waals surface area contributed by atoms with Crippen LogP contribution in [0.4, 0.5) is 52.7 Å². The number of ether oxygens (including phenoxy) is 2. The molecule has 1 saturated heterocycles. The van der Waals surface area contributed by atoms with E-state index in [9.17, 15) is 62.3 Å². The molecular weight excluding hydrogens is 987 g/mol.